The third kappa shape index (κ3) is 2.60. The topological polar surface area (TPSA) is 64.1 Å². The zero-order valence-electron chi connectivity index (χ0n) is 10.7. The Hall–Kier alpha value is -1.69. The molecule has 0 aliphatic rings. The number of fused-ring (bicyclic) bond motifs is 1. The van der Waals surface area contributed by atoms with Crippen molar-refractivity contribution in [3.63, 3.8) is 0 Å². The number of furan rings is 1. The summed E-state index contributed by atoms with van der Waals surface area (Å²) in [7, 11) is 0. The van der Waals surface area contributed by atoms with Crippen LogP contribution in [-0.2, 0) is 6.42 Å². The lowest BCUT2D eigenvalue weighted by Gasteiger charge is -2.14. The number of para-hydroxylation sites is 1. The summed E-state index contributed by atoms with van der Waals surface area (Å²) in [6.45, 7) is 0. The molecule has 0 amide bonds. The highest BCUT2D eigenvalue weighted by Crippen LogP contribution is 2.28. The SMILES string of the molecule is NNC(Cc1cncc(Br)c1)c1coc2ccccc12. The Morgan fingerprint density at radius 1 is 1.30 bits per heavy atom. The van der Waals surface area contributed by atoms with Gasteiger partial charge in [-0.15, -0.1) is 0 Å². The Bertz CT molecular complexity index is 726. The maximum absolute atomic E-state index is 5.72. The van der Waals surface area contributed by atoms with Gasteiger partial charge in [-0.3, -0.25) is 16.3 Å². The van der Waals surface area contributed by atoms with Crippen molar-refractivity contribution in [3.8, 4) is 0 Å². The first kappa shape index (κ1) is 13.3. The fourth-order valence-corrected chi connectivity index (χ4v) is 2.74. The molecular weight excluding hydrogens is 318 g/mol. The third-order valence-electron chi connectivity index (χ3n) is 3.29. The van der Waals surface area contributed by atoms with Gasteiger partial charge in [-0.05, 0) is 40.0 Å². The average Bonchev–Trinajstić information content (AvgIpc) is 2.89. The van der Waals surface area contributed by atoms with Crippen LogP contribution in [0.4, 0.5) is 0 Å². The zero-order chi connectivity index (χ0) is 13.9. The second-order valence-corrected chi connectivity index (χ2v) is 5.54. The van der Waals surface area contributed by atoms with Crippen molar-refractivity contribution in [1.29, 1.82) is 0 Å². The molecule has 2 aromatic heterocycles. The molecule has 0 fully saturated rings. The second kappa shape index (κ2) is 5.75. The van der Waals surface area contributed by atoms with Crippen LogP contribution in [-0.4, -0.2) is 4.98 Å². The number of hydrogen-bond acceptors (Lipinski definition) is 4. The van der Waals surface area contributed by atoms with Crippen molar-refractivity contribution in [2.75, 3.05) is 0 Å². The minimum Gasteiger partial charge on any atom is -0.464 e. The number of hydrazine groups is 1. The fourth-order valence-electron chi connectivity index (χ4n) is 2.33. The van der Waals surface area contributed by atoms with Crippen LogP contribution < -0.4 is 11.3 Å². The van der Waals surface area contributed by atoms with Crippen LogP contribution in [0.3, 0.4) is 0 Å². The number of aromatic nitrogens is 1. The molecule has 0 aliphatic heterocycles. The van der Waals surface area contributed by atoms with Gasteiger partial charge >= 0.3 is 0 Å². The Labute approximate surface area is 125 Å². The van der Waals surface area contributed by atoms with E-state index in [-0.39, 0.29) is 6.04 Å². The zero-order valence-corrected chi connectivity index (χ0v) is 12.3. The van der Waals surface area contributed by atoms with Crippen LogP contribution in [0.5, 0.6) is 0 Å². The molecule has 2 heterocycles. The van der Waals surface area contributed by atoms with E-state index in [1.54, 1.807) is 12.5 Å². The van der Waals surface area contributed by atoms with Crippen molar-refractivity contribution < 1.29 is 4.42 Å². The van der Waals surface area contributed by atoms with Gasteiger partial charge in [0.05, 0.1) is 12.3 Å². The largest absolute Gasteiger partial charge is 0.464 e. The lowest BCUT2D eigenvalue weighted by molar-refractivity contribution is 0.536. The van der Waals surface area contributed by atoms with Gasteiger partial charge < -0.3 is 4.42 Å². The molecule has 0 saturated carbocycles. The number of benzene rings is 1. The summed E-state index contributed by atoms with van der Waals surface area (Å²) in [4.78, 5) is 4.18. The lowest BCUT2D eigenvalue weighted by Crippen LogP contribution is -2.29. The molecule has 20 heavy (non-hydrogen) atoms. The molecule has 0 aliphatic carbocycles. The monoisotopic (exact) mass is 331 g/mol. The Balaban J connectivity index is 1.93. The van der Waals surface area contributed by atoms with Gasteiger partial charge in [0.15, 0.2) is 0 Å². The van der Waals surface area contributed by atoms with Crippen molar-refractivity contribution in [3.05, 3.63) is 64.6 Å². The maximum atomic E-state index is 5.72. The number of nitrogens with zero attached hydrogens (tertiary/aromatic N) is 1. The van der Waals surface area contributed by atoms with E-state index in [1.807, 2.05) is 36.5 Å². The Kier molecular flexibility index (Phi) is 3.82. The Morgan fingerprint density at radius 3 is 2.95 bits per heavy atom. The third-order valence-corrected chi connectivity index (χ3v) is 3.72. The molecule has 4 nitrogen and oxygen atoms in total. The molecule has 3 rings (SSSR count). The molecular formula is C15H14BrN3O. The second-order valence-electron chi connectivity index (χ2n) is 4.62. The van der Waals surface area contributed by atoms with E-state index in [1.165, 1.54) is 0 Å². The molecule has 102 valence electrons. The normalized spacial score (nSPS) is 12.7. The number of nitrogens with two attached hydrogens (primary N) is 1. The van der Waals surface area contributed by atoms with E-state index in [2.05, 4.69) is 26.3 Å². The van der Waals surface area contributed by atoms with Gasteiger partial charge in [0.1, 0.15) is 5.58 Å². The van der Waals surface area contributed by atoms with Crippen molar-refractivity contribution in [2.45, 2.75) is 12.5 Å². The van der Waals surface area contributed by atoms with Crippen molar-refractivity contribution >= 4 is 26.9 Å². The van der Waals surface area contributed by atoms with E-state index in [4.69, 9.17) is 10.3 Å². The molecule has 1 unspecified atom stereocenters. The fraction of sp³-hybridized carbons (Fsp3) is 0.133. The minimum absolute atomic E-state index is 0.0188. The standard InChI is InChI=1S/C15H14BrN3O/c16-11-5-10(7-18-8-11)6-14(19-17)13-9-20-15-4-2-1-3-12(13)15/h1-5,7-9,14,19H,6,17H2. The molecule has 3 N–H and O–H groups in total. The minimum atomic E-state index is -0.0188. The number of pyridine rings is 1. The van der Waals surface area contributed by atoms with Crippen LogP contribution in [0, 0.1) is 0 Å². The van der Waals surface area contributed by atoms with E-state index < -0.39 is 0 Å². The smallest absolute Gasteiger partial charge is 0.134 e. The number of nitrogens with one attached hydrogen (secondary N) is 1. The first-order valence-corrected chi connectivity index (χ1v) is 7.09. The highest BCUT2D eigenvalue weighted by Gasteiger charge is 2.16. The van der Waals surface area contributed by atoms with E-state index in [9.17, 15) is 0 Å². The summed E-state index contributed by atoms with van der Waals surface area (Å²) in [6.07, 6.45) is 6.12. The van der Waals surface area contributed by atoms with Crippen LogP contribution in [0.1, 0.15) is 17.2 Å². The predicted octanol–water partition coefficient (Wildman–Crippen LogP) is 3.34. The van der Waals surface area contributed by atoms with Crippen LogP contribution in [0.2, 0.25) is 0 Å². The van der Waals surface area contributed by atoms with Gasteiger partial charge in [-0.2, -0.15) is 0 Å². The maximum Gasteiger partial charge on any atom is 0.134 e. The summed E-state index contributed by atoms with van der Waals surface area (Å²) in [5, 5.41) is 1.08. The van der Waals surface area contributed by atoms with Crippen LogP contribution in [0.15, 0.2) is 57.9 Å². The molecule has 0 saturated heterocycles. The van der Waals surface area contributed by atoms with Crippen molar-refractivity contribution in [2.24, 2.45) is 5.84 Å². The molecule has 0 bridgehead atoms. The summed E-state index contributed by atoms with van der Waals surface area (Å²) in [6, 6.07) is 9.97. The van der Waals surface area contributed by atoms with Gasteiger partial charge in [0.2, 0.25) is 0 Å². The van der Waals surface area contributed by atoms with Crippen molar-refractivity contribution in [1.82, 2.24) is 10.4 Å². The van der Waals surface area contributed by atoms with Gasteiger partial charge in [-0.25, -0.2) is 0 Å². The number of hydrogen-bond donors (Lipinski definition) is 2. The first-order valence-electron chi connectivity index (χ1n) is 6.29. The average molecular weight is 332 g/mol. The summed E-state index contributed by atoms with van der Waals surface area (Å²) >= 11 is 3.43. The summed E-state index contributed by atoms with van der Waals surface area (Å²) in [5.74, 6) is 5.72. The summed E-state index contributed by atoms with van der Waals surface area (Å²) in [5.41, 5.74) is 5.89. The molecule has 0 radical (unpaired) electrons. The number of rotatable bonds is 4. The predicted molar refractivity (Wildman–Crippen MR) is 81.9 cm³/mol. The van der Waals surface area contributed by atoms with E-state index in [0.29, 0.717) is 0 Å². The van der Waals surface area contributed by atoms with E-state index >= 15 is 0 Å². The van der Waals surface area contributed by atoms with Crippen LogP contribution >= 0.6 is 15.9 Å². The molecule has 1 aromatic carbocycles. The van der Waals surface area contributed by atoms with Gasteiger partial charge in [0, 0.05) is 27.8 Å². The summed E-state index contributed by atoms with van der Waals surface area (Å²) < 4.78 is 6.53. The van der Waals surface area contributed by atoms with Gasteiger partial charge in [0.25, 0.3) is 0 Å². The molecule has 3 aromatic rings. The molecule has 0 spiro atoms. The number of halogens is 1. The Morgan fingerprint density at radius 2 is 2.15 bits per heavy atom. The van der Waals surface area contributed by atoms with Crippen LogP contribution in [0.25, 0.3) is 11.0 Å². The molecule has 1 atom stereocenters. The highest BCUT2D eigenvalue weighted by molar-refractivity contribution is 9.10. The lowest BCUT2D eigenvalue weighted by atomic mass is 10.00. The molecule has 5 heteroatoms. The highest BCUT2D eigenvalue weighted by atomic mass is 79.9. The quantitative estimate of drug-likeness (QED) is 0.568. The van der Waals surface area contributed by atoms with Gasteiger partial charge in [-0.1, -0.05) is 18.2 Å². The van der Waals surface area contributed by atoms with E-state index in [0.717, 1.165) is 33.0 Å². The first-order chi connectivity index (χ1) is 9.78.